The third-order valence-electron chi connectivity index (χ3n) is 3.37. The van der Waals surface area contributed by atoms with Crippen LogP contribution < -0.4 is 0 Å². The molecule has 0 bridgehead atoms. The molecule has 0 saturated carbocycles. The molecule has 0 unspecified atom stereocenters. The van der Waals surface area contributed by atoms with Crippen LogP contribution in [0.15, 0.2) is 47.8 Å². The molecule has 0 aliphatic carbocycles. The molecule has 0 spiro atoms. The topological polar surface area (TPSA) is 82.3 Å². The summed E-state index contributed by atoms with van der Waals surface area (Å²) in [6.07, 6.45) is 0. The Bertz CT molecular complexity index is 975. The van der Waals surface area contributed by atoms with Crippen molar-refractivity contribution in [2.45, 2.75) is 6.61 Å². The molecule has 1 heterocycles. The van der Waals surface area contributed by atoms with Gasteiger partial charge in [0.1, 0.15) is 23.0 Å². The van der Waals surface area contributed by atoms with Crippen molar-refractivity contribution < 1.29 is 18.8 Å². The zero-order chi connectivity index (χ0) is 18.7. The van der Waals surface area contributed by atoms with Gasteiger partial charge in [-0.2, -0.15) is 0 Å². The van der Waals surface area contributed by atoms with E-state index in [1.54, 1.807) is 17.5 Å². The Hall–Kier alpha value is -2.84. The van der Waals surface area contributed by atoms with Gasteiger partial charge in [-0.15, -0.1) is 11.3 Å². The first-order valence-corrected chi connectivity index (χ1v) is 8.51. The molecule has 0 atom stereocenters. The molecule has 0 aliphatic rings. The molecule has 132 valence electrons. The lowest BCUT2D eigenvalue weighted by atomic mass is 10.2. The number of hydrogen-bond donors (Lipinski definition) is 0. The van der Waals surface area contributed by atoms with E-state index in [9.17, 15) is 19.3 Å². The van der Waals surface area contributed by atoms with Crippen LogP contribution in [0.1, 0.15) is 16.1 Å². The molecule has 0 radical (unpaired) electrons. The number of carbonyl (C=O) groups is 1. The molecule has 0 saturated heterocycles. The maximum Gasteiger partial charge on any atom is 0.345 e. The van der Waals surface area contributed by atoms with E-state index in [-0.39, 0.29) is 28.7 Å². The van der Waals surface area contributed by atoms with Crippen LogP contribution in [0, 0.1) is 15.9 Å². The summed E-state index contributed by atoms with van der Waals surface area (Å²) in [5.41, 5.74) is 0.605. The quantitative estimate of drug-likeness (QED) is 0.351. The highest BCUT2D eigenvalue weighted by Gasteiger charge is 2.22. The standard InChI is InChI=1S/C17H10ClFN2O4S/c18-11-3-6-15(21(23)24)14(7-11)17(22)25-8-13-9-26-16(20-13)10-1-4-12(19)5-2-10/h1-7,9H,8H2. The van der Waals surface area contributed by atoms with Gasteiger partial charge < -0.3 is 4.74 Å². The van der Waals surface area contributed by atoms with Crippen LogP contribution in [0.5, 0.6) is 0 Å². The number of nitro groups is 1. The Morgan fingerprint density at radius 3 is 2.69 bits per heavy atom. The zero-order valence-corrected chi connectivity index (χ0v) is 14.6. The first kappa shape index (κ1) is 18.0. The van der Waals surface area contributed by atoms with Gasteiger partial charge in [-0.3, -0.25) is 10.1 Å². The zero-order valence-electron chi connectivity index (χ0n) is 13.0. The summed E-state index contributed by atoms with van der Waals surface area (Å²) in [5.74, 6) is -1.21. The van der Waals surface area contributed by atoms with E-state index in [2.05, 4.69) is 4.98 Å². The fraction of sp³-hybridized carbons (Fsp3) is 0.0588. The number of nitro benzene ring substituents is 1. The highest BCUT2D eigenvalue weighted by Crippen LogP contribution is 2.26. The number of hydrogen-bond acceptors (Lipinski definition) is 6. The molecule has 9 heteroatoms. The van der Waals surface area contributed by atoms with Gasteiger partial charge in [0.05, 0.1) is 10.6 Å². The number of thiazole rings is 1. The van der Waals surface area contributed by atoms with Gasteiger partial charge in [0.2, 0.25) is 0 Å². The van der Waals surface area contributed by atoms with Gasteiger partial charge in [0, 0.05) is 22.0 Å². The summed E-state index contributed by atoms with van der Waals surface area (Å²) in [6, 6.07) is 9.51. The van der Waals surface area contributed by atoms with Crippen molar-refractivity contribution in [2.75, 3.05) is 0 Å². The lowest BCUT2D eigenvalue weighted by Gasteiger charge is -2.04. The van der Waals surface area contributed by atoms with Gasteiger partial charge >= 0.3 is 5.97 Å². The first-order valence-electron chi connectivity index (χ1n) is 7.25. The van der Waals surface area contributed by atoms with Crippen LogP contribution in [-0.4, -0.2) is 15.9 Å². The van der Waals surface area contributed by atoms with E-state index in [0.29, 0.717) is 10.7 Å². The molecular weight excluding hydrogens is 383 g/mol. The molecule has 2 aromatic carbocycles. The number of nitrogens with zero attached hydrogens (tertiary/aromatic N) is 2. The largest absolute Gasteiger partial charge is 0.455 e. The average molecular weight is 393 g/mol. The van der Waals surface area contributed by atoms with E-state index in [0.717, 1.165) is 11.6 Å². The highest BCUT2D eigenvalue weighted by molar-refractivity contribution is 7.13. The van der Waals surface area contributed by atoms with Crippen molar-refractivity contribution in [3.05, 3.63) is 80.1 Å². The van der Waals surface area contributed by atoms with Crippen molar-refractivity contribution in [1.29, 1.82) is 0 Å². The number of aromatic nitrogens is 1. The summed E-state index contributed by atoms with van der Waals surface area (Å²) in [7, 11) is 0. The van der Waals surface area contributed by atoms with E-state index < -0.39 is 10.9 Å². The number of rotatable bonds is 5. The van der Waals surface area contributed by atoms with Crippen LogP contribution >= 0.6 is 22.9 Å². The molecule has 0 amide bonds. The van der Waals surface area contributed by atoms with Crippen molar-refractivity contribution in [3.8, 4) is 10.6 Å². The third kappa shape index (κ3) is 4.04. The fourth-order valence-corrected chi connectivity index (χ4v) is 3.13. The van der Waals surface area contributed by atoms with Crippen molar-refractivity contribution in [3.63, 3.8) is 0 Å². The molecule has 0 aliphatic heterocycles. The minimum absolute atomic E-state index is 0.153. The van der Waals surface area contributed by atoms with Crippen molar-refractivity contribution in [1.82, 2.24) is 4.98 Å². The molecule has 1 aromatic heterocycles. The van der Waals surface area contributed by atoms with Crippen LogP contribution in [0.25, 0.3) is 10.6 Å². The first-order chi connectivity index (χ1) is 12.4. The Morgan fingerprint density at radius 1 is 1.27 bits per heavy atom. The van der Waals surface area contributed by atoms with Crippen LogP contribution in [0.3, 0.4) is 0 Å². The average Bonchev–Trinajstić information content (AvgIpc) is 3.09. The Morgan fingerprint density at radius 2 is 2.00 bits per heavy atom. The highest BCUT2D eigenvalue weighted by atomic mass is 35.5. The summed E-state index contributed by atoms with van der Waals surface area (Å²) in [6.45, 7) is -0.153. The molecule has 3 aromatic rings. The summed E-state index contributed by atoms with van der Waals surface area (Å²) >= 11 is 7.11. The predicted octanol–water partition coefficient (Wildman–Crippen LogP) is 4.87. The van der Waals surface area contributed by atoms with Gasteiger partial charge in [-0.05, 0) is 36.4 Å². The molecule has 3 rings (SSSR count). The molecule has 0 N–H and O–H groups in total. The van der Waals surface area contributed by atoms with Gasteiger partial charge in [-0.1, -0.05) is 11.6 Å². The second-order valence-corrected chi connectivity index (χ2v) is 6.44. The molecule has 0 fully saturated rings. The number of carbonyl (C=O) groups excluding carboxylic acids is 1. The predicted molar refractivity (Wildman–Crippen MR) is 94.7 cm³/mol. The van der Waals surface area contributed by atoms with Crippen molar-refractivity contribution >= 4 is 34.6 Å². The lowest BCUT2D eigenvalue weighted by Crippen LogP contribution is -2.08. The van der Waals surface area contributed by atoms with E-state index in [1.807, 2.05) is 0 Å². The number of esters is 1. The van der Waals surface area contributed by atoms with Gasteiger partial charge in [0.25, 0.3) is 5.69 Å². The minimum atomic E-state index is -0.865. The Balaban J connectivity index is 1.72. The summed E-state index contributed by atoms with van der Waals surface area (Å²) < 4.78 is 18.1. The molecule has 26 heavy (non-hydrogen) atoms. The second kappa shape index (κ2) is 7.59. The van der Waals surface area contributed by atoms with Crippen LogP contribution in [0.4, 0.5) is 10.1 Å². The van der Waals surface area contributed by atoms with E-state index >= 15 is 0 Å². The van der Waals surface area contributed by atoms with E-state index in [1.165, 1.54) is 35.6 Å². The Kier molecular flexibility index (Phi) is 5.24. The number of benzene rings is 2. The van der Waals surface area contributed by atoms with Crippen LogP contribution in [0.2, 0.25) is 5.02 Å². The maximum atomic E-state index is 13.0. The third-order valence-corrected chi connectivity index (χ3v) is 4.54. The van der Waals surface area contributed by atoms with Crippen LogP contribution in [-0.2, 0) is 11.3 Å². The number of halogens is 2. The Labute approximate surface area is 156 Å². The lowest BCUT2D eigenvalue weighted by molar-refractivity contribution is -0.385. The molecule has 6 nitrogen and oxygen atoms in total. The van der Waals surface area contributed by atoms with Gasteiger partial charge in [-0.25, -0.2) is 14.2 Å². The summed E-state index contributed by atoms with van der Waals surface area (Å²) in [4.78, 5) is 26.8. The monoisotopic (exact) mass is 392 g/mol. The second-order valence-electron chi connectivity index (χ2n) is 5.15. The fourth-order valence-electron chi connectivity index (χ4n) is 2.15. The smallest absolute Gasteiger partial charge is 0.345 e. The van der Waals surface area contributed by atoms with E-state index in [4.69, 9.17) is 16.3 Å². The normalized spacial score (nSPS) is 10.5. The minimum Gasteiger partial charge on any atom is -0.455 e. The maximum absolute atomic E-state index is 13.0. The molecular formula is C17H10ClFN2O4S. The summed E-state index contributed by atoms with van der Waals surface area (Å²) in [5, 5.41) is 13.5. The van der Waals surface area contributed by atoms with Gasteiger partial charge in [0.15, 0.2) is 0 Å². The number of ether oxygens (including phenoxy) is 1. The SMILES string of the molecule is O=C(OCc1csc(-c2ccc(F)cc2)n1)c1cc(Cl)ccc1[N+](=O)[O-]. The van der Waals surface area contributed by atoms with Crippen molar-refractivity contribution in [2.24, 2.45) is 0 Å².